The van der Waals surface area contributed by atoms with Gasteiger partial charge < -0.3 is 15.3 Å². The summed E-state index contributed by atoms with van der Waals surface area (Å²) in [4.78, 5) is 0. The van der Waals surface area contributed by atoms with Crippen LogP contribution in [0.1, 0.15) is 53.4 Å². The lowest BCUT2D eigenvalue weighted by molar-refractivity contribution is -0.127. The van der Waals surface area contributed by atoms with E-state index in [4.69, 9.17) is 0 Å². The first-order valence-corrected chi connectivity index (χ1v) is 7.02. The summed E-state index contributed by atoms with van der Waals surface area (Å²) in [5, 5.41) is 31.3. The largest absolute Gasteiger partial charge is 0.389 e. The molecule has 0 unspecified atom stereocenters. The Bertz CT molecular complexity index is 374. The second-order valence-electron chi connectivity index (χ2n) is 6.76. The van der Waals surface area contributed by atoms with Crippen molar-refractivity contribution in [2.75, 3.05) is 0 Å². The second-order valence-corrected chi connectivity index (χ2v) is 6.76. The highest BCUT2D eigenvalue weighted by molar-refractivity contribution is 5.34. The molecule has 0 spiro atoms. The highest BCUT2D eigenvalue weighted by atomic mass is 16.3. The standard InChI is InChI=1S/C15H26O3/c1-9(2)15(18)8-7-14(4)6-5-11(16)10(3)12(14)13(15)17/h9,11,13,16-18H,5-8H2,1-4H3/t11-,13+,14-,15-/m0/s1. The summed E-state index contributed by atoms with van der Waals surface area (Å²) in [6.07, 6.45) is 1.88. The average molecular weight is 254 g/mol. The molecule has 0 aromatic heterocycles. The maximum atomic E-state index is 10.7. The molecule has 104 valence electrons. The first-order chi connectivity index (χ1) is 8.22. The van der Waals surface area contributed by atoms with Gasteiger partial charge >= 0.3 is 0 Å². The summed E-state index contributed by atoms with van der Waals surface area (Å²) in [7, 11) is 0. The normalized spacial score (nSPS) is 45.3. The van der Waals surface area contributed by atoms with E-state index in [9.17, 15) is 15.3 Å². The minimum atomic E-state index is -1.05. The van der Waals surface area contributed by atoms with E-state index in [0.717, 1.165) is 30.4 Å². The van der Waals surface area contributed by atoms with Gasteiger partial charge in [0.25, 0.3) is 0 Å². The van der Waals surface area contributed by atoms with E-state index in [1.54, 1.807) is 0 Å². The van der Waals surface area contributed by atoms with E-state index in [0.29, 0.717) is 6.42 Å². The van der Waals surface area contributed by atoms with Crippen molar-refractivity contribution < 1.29 is 15.3 Å². The van der Waals surface area contributed by atoms with Crippen molar-refractivity contribution in [1.82, 2.24) is 0 Å². The number of aliphatic hydroxyl groups is 3. The third-order valence-electron chi connectivity index (χ3n) is 5.37. The quantitative estimate of drug-likeness (QED) is 0.627. The fraction of sp³-hybridized carbons (Fsp3) is 0.867. The summed E-state index contributed by atoms with van der Waals surface area (Å²) in [6.45, 7) is 7.94. The van der Waals surface area contributed by atoms with Crippen LogP contribution in [-0.4, -0.2) is 33.1 Å². The highest BCUT2D eigenvalue weighted by Crippen LogP contribution is 2.53. The van der Waals surface area contributed by atoms with Gasteiger partial charge in [0.2, 0.25) is 0 Å². The van der Waals surface area contributed by atoms with E-state index in [1.807, 2.05) is 20.8 Å². The Morgan fingerprint density at radius 2 is 1.78 bits per heavy atom. The Morgan fingerprint density at radius 3 is 2.33 bits per heavy atom. The maximum Gasteiger partial charge on any atom is 0.105 e. The number of aliphatic hydroxyl groups excluding tert-OH is 2. The molecule has 3 N–H and O–H groups in total. The van der Waals surface area contributed by atoms with Crippen molar-refractivity contribution in [1.29, 1.82) is 0 Å². The topological polar surface area (TPSA) is 60.7 Å². The second kappa shape index (κ2) is 4.32. The Labute approximate surface area is 110 Å². The van der Waals surface area contributed by atoms with Crippen LogP contribution in [0.5, 0.6) is 0 Å². The highest BCUT2D eigenvalue weighted by Gasteiger charge is 2.52. The predicted molar refractivity (Wildman–Crippen MR) is 71.1 cm³/mol. The van der Waals surface area contributed by atoms with Gasteiger partial charge in [-0.05, 0) is 55.1 Å². The van der Waals surface area contributed by atoms with Gasteiger partial charge in [0.15, 0.2) is 0 Å². The fourth-order valence-corrected chi connectivity index (χ4v) is 3.73. The van der Waals surface area contributed by atoms with Gasteiger partial charge in [-0.2, -0.15) is 0 Å². The van der Waals surface area contributed by atoms with Crippen molar-refractivity contribution in [2.45, 2.75) is 71.2 Å². The van der Waals surface area contributed by atoms with Gasteiger partial charge in [-0.1, -0.05) is 20.8 Å². The lowest BCUT2D eigenvalue weighted by Crippen LogP contribution is -2.56. The Kier molecular flexibility index (Phi) is 3.37. The first-order valence-electron chi connectivity index (χ1n) is 7.02. The van der Waals surface area contributed by atoms with Gasteiger partial charge in [0.1, 0.15) is 6.10 Å². The molecule has 0 heterocycles. The minimum Gasteiger partial charge on any atom is -0.389 e. The molecule has 0 radical (unpaired) electrons. The van der Waals surface area contributed by atoms with Crippen LogP contribution in [0.2, 0.25) is 0 Å². The third kappa shape index (κ3) is 1.84. The molecule has 4 atom stereocenters. The van der Waals surface area contributed by atoms with E-state index in [1.165, 1.54) is 0 Å². The molecule has 2 aliphatic carbocycles. The molecule has 0 saturated heterocycles. The molecule has 0 aromatic rings. The molecule has 0 amide bonds. The van der Waals surface area contributed by atoms with Crippen LogP contribution in [-0.2, 0) is 0 Å². The Morgan fingerprint density at radius 1 is 1.17 bits per heavy atom. The monoisotopic (exact) mass is 254 g/mol. The van der Waals surface area contributed by atoms with Gasteiger partial charge in [0.05, 0.1) is 11.7 Å². The van der Waals surface area contributed by atoms with Gasteiger partial charge in [0, 0.05) is 0 Å². The molecule has 3 heteroatoms. The molecule has 0 bridgehead atoms. The molecule has 2 rings (SSSR count). The van der Waals surface area contributed by atoms with Crippen LogP contribution < -0.4 is 0 Å². The number of rotatable bonds is 1. The predicted octanol–water partition coefficient (Wildman–Crippen LogP) is 2.01. The van der Waals surface area contributed by atoms with Crippen molar-refractivity contribution in [3.8, 4) is 0 Å². The van der Waals surface area contributed by atoms with Gasteiger partial charge in [-0.25, -0.2) is 0 Å². The SMILES string of the molecule is CC1=C2[C@@H](O)[C@@](O)(C(C)C)CC[C@]2(C)CC[C@@H]1O. The molecule has 3 nitrogen and oxygen atoms in total. The first kappa shape index (κ1) is 14.0. The third-order valence-corrected chi connectivity index (χ3v) is 5.37. The smallest absolute Gasteiger partial charge is 0.105 e. The lowest BCUT2D eigenvalue weighted by atomic mass is 9.57. The van der Waals surface area contributed by atoms with Crippen LogP contribution in [0.15, 0.2) is 11.1 Å². The molecular formula is C15H26O3. The molecule has 2 aliphatic rings. The minimum absolute atomic E-state index is 0.0106. The summed E-state index contributed by atoms with van der Waals surface area (Å²) in [6, 6.07) is 0. The lowest BCUT2D eigenvalue weighted by Gasteiger charge is -2.52. The zero-order valence-electron chi connectivity index (χ0n) is 11.9. The van der Waals surface area contributed by atoms with Crippen molar-refractivity contribution >= 4 is 0 Å². The van der Waals surface area contributed by atoms with Gasteiger partial charge in [-0.3, -0.25) is 0 Å². The number of hydrogen-bond acceptors (Lipinski definition) is 3. The van der Waals surface area contributed by atoms with E-state index in [-0.39, 0.29) is 11.3 Å². The van der Waals surface area contributed by atoms with Crippen LogP contribution >= 0.6 is 0 Å². The molecule has 0 aromatic carbocycles. The van der Waals surface area contributed by atoms with Crippen LogP contribution in [0, 0.1) is 11.3 Å². The Hall–Kier alpha value is -0.380. The summed E-state index contributed by atoms with van der Waals surface area (Å²) in [5.74, 6) is 0.0106. The summed E-state index contributed by atoms with van der Waals surface area (Å²) >= 11 is 0. The van der Waals surface area contributed by atoms with E-state index < -0.39 is 17.8 Å². The Balaban J connectivity index is 2.47. The zero-order valence-corrected chi connectivity index (χ0v) is 11.9. The van der Waals surface area contributed by atoms with Crippen molar-refractivity contribution in [3.05, 3.63) is 11.1 Å². The van der Waals surface area contributed by atoms with E-state index >= 15 is 0 Å². The summed E-state index contributed by atoms with van der Waals surface area (Å²) < 4.78 is 0. The molecular weight excluding hydrogens is 228 g/mol. The van der Waals surface area contributed by atoms with Crippen LogP contribution in [0.3, 0.4) is 0 Å². The van der Waals surface area contributed by atoms with Gasteiger partial charge in [-0.15, -0.1) is 0 Å². The van der Waals surface area contributed by atoms with Crippen molar-refractivity contribution in [2.24, 2.45) is 11.3 Å². The zero-order chi connectivity index (χ0) is 13.7. The summed E-state index contributed by atoms with van der Waals surface area (Å²) in [5.41, 5.74) is 0.663. The van der Waals surface area contributed by atoms with Crippen LogP contribution in [0.4, 0.5) is 0 Å². The van der Waals surface area contributed by atoms with E-state index in [2.05, 4.69) is 6.92 Å². The maximum absolute atomic E-state index is 10.7. The molecule has 1 fully saturated rings. The average Bonchev–Trinajstić information content (AvgIpc) is 2.30. The van der Waals surface area contributed by atoms with Crippen LogP contribution in [0.25, 0.3) is 0 Å². The number of fused-ring (bicyclic) bond motifs is 1. The molecule has 0 aliphatic heterocycles. The molecule has 18 heavy (non-hydrogen) atoms. The van der Waals surface area contributed by atoms with Crippen molar-refractivity contribution in [3.63, 3.8) is 0 Å². The number of hydrogen-bond donors (Lipinski definition) is 3. The molecule has 1 saturated carbocycles. The fourth-order valence-electron chi connectivity index (χ4n) is 3.73.